The van der Waals surface area contributed by atoms with Crippen molar-refractivity contribution in [3.05, 3.63) is 71.9 Å². The molecular weight excluding hydrogens is 332 g/mol. The van der Waals surface area contributed by atoms with Gasteiger partial charge in [-0.25, -0.2) is 0 Å². The Bertz CT molecular complexity index is 899. The molecule has 126 valence electrons. The van der Waals surface area contributed by atoms with Crippen LogP contribution >= 0.6 is 11.8 Å². The number of benzene rings is 2. The van der Waals surface area contributed by atoms with Crippen molar-refractivity contribution in [2.75, 3.05) is 5.75 Å². The van der Waals surface area contributed by atoms with E-state index in [1.54, 1.807) is 11.8 Å². The molecular formula is C20H18N2O2S. The summed E-state index contributed by atoms with van der Waals surface area (Å²) in [4.78, 5) is 15.9. The summed E-state index contributed by atoms with van der Waals surface area (Å²) in [7, 11) is 0. The molecule has 1 aliphatic rings. The molecule has 0 saturated carbocycles. The first-order valence-electron chi connectivity index (χ1n) is 8.23. The Morgan fingerprint density at radius 2 is 2.00 bits per heavy atom. The van der Waals surface area contributed by atoms with Crippen LogP contribution in [0.2, 0.25) is 0 Å². The average molecular weight is 350 g/mol. The standard InChI is InChI=1S/C20H18N2O2S/c23-19-13-25-20(22-19)9-15-8-16-6-7-17(10-18(16)21-11-15)24-12-14-4-2-1-3-5-14/h1-8,10-11,20H,9,12-13H2,(H,22,23). The summed E-state index contributed by atoms with van der Waals surface area (Å²) >= 11 is 1.65. The summed E-state index contributed by atoms with van der Waals surface area (Å²) in [6.07, 6.45) is 2.68. The van der Waals surface area contributed by atoms with Crippen LogP contribution < -0.4 is 10.1 Å². The fourth-order valence-electron chi connectivity index (χ4n) is 2.85. The van der Waals surface area contributed by atoms with Gasteiger partial charge in [-0.15, -0.1) is 11.8 Å². The maximum atomic E-state index is 11.3. The summed E-state index contributed by atoms with van der Waals surface area (Å²) < 4.78 is 5.86. The zero-order valence-electron chi connectivity index (χ0n) is 13.6. The van der Waals surface area contributed by atoms with E-state index >= 15 is 0 Å². The fraction of sp³-hybridized carbons (Fsp3) is 0.200. The number of hydrogen-bond acceptors (Lipinski definition) is 4. The van der Waals surface area contributed by atoms with Crippen molar-refractivity contribution in [1.29, 1.82) is 0 Å². The van der Waals surface area contributed by atoms with Crippen molar-refractivity contribution in [2.24, 2.45) is 0 Å². The van der Waals surface area contributed by atoms with Crippen LogP contribution in [0.1, 0.15) is 11.1 Å². The Morgan fingerprint density at radius 3 is 2.80 bits per heavy atom. The highest BCUT2D eigenvalue weighted by molar-refractivity contribution is 8.01. The molecule has 1 unspecified atom stereocenters. The van der Waals surface area contributed by atoms with Gasteiger partial charge in [0.1, 0.15) is 12.4 Å². The molecule has 0 radical (unpaired) electrons. The van der Waals surface area contributed by atoms with Crippen LogP contribution in [-0.4, -0.2) is 22.0 Å². The van der Waals surface area contributed by atoms with Gasteiger partial charge < -0.3 is 10.1 Å². The first-order chi connectivity index (χ1) is 12.3. The number of ether oxygens (including phenoxy) is 1. The predicted octanol–water partition coefficient (Wildman–Crippen LogP) is 3.55. The second-order valence-electron chi connectivity index (χ2n) is 6.04. The normalized spacial score (nSPS) is 16.8. The minimum Gasteiger partial charge on any atom is -0.489 e. The van der Waals surface area contributed by atoms with Crippen LogP contribution in [0.3, 0.4) is 0 Å². The first kappa shape index (κ1) is 16.0. The quantitative estimate of drug-likeness (QED) is 0.765. The summed E-state index contributed by atoms with van der Waals surface area (Å²) in [5.41, 5.74) is 3.18. The van der Waals surface area contributed by atoms with Crippen molar-refractivity contribution in [2.45, 2.75) is 18.4 Å². The zero-order chi connectivity index (χ0) is 17.1. The maximum Gasteiger partial charge on any atom is 0.230 e. The van der Waals surface area contributed by atoms with Gasteiger partial charge in [0.05, 0.1) is 16.6 Å². The largest absolute Gasteiger partial charge is 0.489 e. The highest BCUT2D eigenvalue weighted by Crippen LogP contribution is 2.24. The van der Waals surface area contributed by atoms with Crippen molar-refractivity contribution in [1.82, 2.24) is 10.3 Å². The van der Waals surface area contributed by atoms with E-state index in [0.717, 1.165) is 34.2 Å². The fourth-order valence-corrected chi connectivity index (χ4v) is 3.81. The van der Waals surface area contributed by atoms with Gasteiger partial charge in [-0.1, -0.05) is 30.3 Å². The van der Waals surface area contributed by atoms with Crippen molar-refractivity contribution in [3.8, 4) is 5.75 Å². The number of nitrogens with one attached hydrogen (secondary N) is 1. The minimum atomic E-state index is 0.115. The second kappa shape index (κ2) is 7.15. The van der Waals surface area contributed by atoms with E-state index in [4.69, 9.17) is 4.74 Å². The van der Waals surface area contributed by atoms with E-state index in [1.165, 1.54) is 0 Å². The molecule has 1 aliphatic heterocycles. The highest BCUT2D eigenvalue weighted by atomic mass is 32.2. The van der Waals surface area contributed by atoms with Gasteiger partial charge >= 0.3 is 0 Å². The lowest BCUT2D eigenvalue weighted by Crippen LogP contribution is -2.26. The van der Waals surface area contributed by atoms with Gasteiger partial charge in [0.15, 0.2) is 0 Å². The predicted molar refractivity (Wildman–Crippen MR) is 101 cm³/mol. The van der Waals surface area contributed by atoms with E-state index in [9.17, 15) is 4.79 Å². The summed E-state index contributed by atoms with van der Waals surface area (Å²) in [5, 5.41) is 4.20. The van der Waals surface area contributed by atoms with Gasteiger partial charge in [0.2, 0.25) is 5.91 Å². The molecule has 5 heteroatoms. The maximum absolute atomic E-state index is 11.3. The molecule has 2 heterocycles. The van der Waals surface area contributed by atoms with E-state index in [-0.39, 0.29) is 11.3 Å². The molecule has 1 atom stereocenters. The summed E-state index contributed by atoms with van der Waals surface area (Å²) in [6.45, 7) is 0.545. The molecule has 1 N–H and O–H groups in total. The molecule has 3 aromatic rings. The van der Waals surface area contributed by atoms with E-state index in [0.29, 0.717) is 12.4 Å². The number of amides is 1. The van der Waals surface area contributed by atoms with Crippen LogP contribution in [0.4, 0.5) is 0 Å². The smallest absolute Gasteiger partial charge is 0.230 e. The van der Waals surface area contributed by atoms with Crippen LogP contribution in [0.5, 0.6) is 5.75 Å². The molecule has 0 spiro atoms. The number of thioether (sulfide) groups is 1. The third-order valence-electron chi connectivity index (χ3n) is 4.12. The van der Waals surface area contributed by atoms with Gasteiger partial charge in [0, 0.05) is 24.1 Å². The molecule has 0 aliphatic carbocycles. The number of carbonyl (C=O) groups is 1. The van der Waals surface area contributed by atoms with Crippen molar-refractivity contribution < 1.29 is 9.53 Å². The zero-order valence-corrected chi connectivity index (χ0v) is 14.5. The lowest BCUT2D eigenvalue weighted by molar-refractivity contribution is -0.118. The van der Waals surface area contributed by atoms with Crippen LogP contribution in [0.15, 0.2) is 60.8 Å². The molecule has 1 fully saturated rings. The van der Waals surface area contributed by atoms with E-state index in [2.05, 4.69) is 16.4 Å². The third kappa shape index (κ3) is 3.94. The van der Waals surface area contributed by atoms with Crippen LogP contribution in [0, 0.1) is 0 Å². The van der Waals surface area contributed by atoms with Gasteiger partial charge in [-0.2, -0.15) is 0 Å². The van der Waals surface area contributed by atoms with Crippen LogP contribution in [-0.2, 0) is 17.8 Å². The first-order valence-corrected chi connectivity index (χ1v) is 9.27. The number of hydrogen-bond donors (Lipinski definition) is 1. The SMILES string of the molecule is O=C1CSC(Cc2cnc3cc(OCc4ccccc4)ccc3c2)N1. The Morgan fingerprint density at radius 1 is 1.12 bits per heavy atom. The molecule has 25 heavy (non-hydrogen) atoms. The molecule has 1 saturated heterocycles. The topological polar surface area (TPSA) is 51.2 Å². The molecule has 0 bridgehead atoms. The number of carbonyl (C=O) groups excluding carboxylic acids is 1. The average Bonchev–Trinajstić information content (AvgIpc) is 3.05. The number of rotatable bonds is 5. The minimum absolute atomic E-state index is 0.115. The lowest BCUT2D eigenvalue weighted by atomic mass is 10.1. The van der Waals surface area contributed by atoms with Gasteiger partial charge in [-0.05, 0) is 29.3 Å². The Labute approximate surface area is 150 Å². The van der Waals surface area contributed by atoms with E-state index < -0.39 is 0 Å². The molecule has 4 nitrogen and oxygen atoms in total. The number of pyridine rings is 1. The molecule has 2 aromatic carbocycles. The molecule has 1 amide bonds. The van der Waals surface area contributed by atoms with Gasteiger partial charge in [0.25, 0.3) is 0 Å². The Kier molecular flexibility index (Phi) is 4.57. The summed E-state index contributed by atoms with van der Waals surface area (Å²) in [5.74, 6) is 1.48. The Balaban J connectivity index is 1.46. The van der Waals surface area contributed by atoms with Crippen molar-refractivity contribution in [3.63, 3.8) is 0 Å². The third-order valence-corrected chi connectivity index (χ3v) is 5.24. The highest BCUT2D eigenvalue weighted by Gasteiger charge is 2.21. The number of fused-ring (bicyclic) bond motifs is 1. The van der Waals surface area contributed by atoms with Crippen LogP contribution in [0.25, 0.3) is 10.9 Å². The molecule has 1 aromatic heterocycles. The number of nitrogens with zero attached hydrogens (tertiary/aromatic N) is 1. The number of aromatic nitrogens is 1. The lowest BCUT2D eigenvalue weighted by Gasteiger charge is -2.10. The second-order valence-corrected chi connectivity index (χ2v) is 7.23. The molecule has 4 rings (SSSR count). The Hall–Kier alpha value is -2.53. The van der Waals surface area contributed by atoms with Gasteiger partial charge in [-0.3, -0.25) is 9.78 Å². The van der Waals surface area contributed by atoms with Crippen molar-refractivity contribution >= 4 is 28.6 Å². The summed E-state index contributed by atoms with van der Waals surface area (Å²) in [6, 6.07) is 18.2. The van der Waals surface area contributed by atoms with E-state index in [1.807, 2.05) is 54.7 Å². The monoisotopic (exact) mass is 350 g/mol.